The minimum Gasteiger partial charge on any atom is -0.495 e. The first-order chi connectivity index (χ1) is 17.7. The van der Waals surface area contributed by atoms with E-state index in [1.54, 1.807) is 41.4 Å². The van der Waals surface area contributed by atoms with Gasteiger partial charge in [0.15, 0.2) is 5.76 Å². The number of aryl methyl sites for hydroxylation is 1. The number of ether oxygens (including phenoxy) is 2. The van der Waals surface area contributed by atoms with Crippen LogP contribution in [0.4, 0.5) is 5.95 Å². The zero-order valence-corrected chi connectivity index (χ0v) is 24.4. The maximum Gasteiger partial charge on any atom is 0.242 e. The Morgan fingerprint density at radius 3 is 2.58 bits per heavy atom. The van der Waals surface area contributed by atoms with Crippen LogP contribution >= 0.6 is 53.7 Å². The molecule has 0 amide bonds. The Kier molecular flexibility index (Phi) is 10.3. The van der Waals surface area contributed by atoms with Crippen molar-refractivity contribution in [1.29, 1.82) is 0 Å². The van der Waals surface area contributed by atoms with Crippen LogP contribution in [0.25, 0.3) is 17.3 Å². The predicted molar refractivity (Wildman–Crippen MR) is 158 cm³/mol. The molecule has 0 unspecified atom stereocenters. The molecular formula is C25H26ClIN4O3S2. The number of methoxy groups -OCH3 is 2. The van der Waals surface area contributed by atoms with Gasteiger partial charge in [-0.3, -0.25) is 8.87 Å². The number of furan rings is 1. The van der Waals surface area contributed by atoms with Gasteiger partial charge in [0.2, 0.25) is 11.8 Å². The standard InChI is InChI=1S/C25H26ClIN4O3S2/c1-32-17-19-5-3-6-21(33-2)23(19)31-24(22-7-4-14-34-22)28-29-25(31)30(13-16-35-27)36-15-12-18-8-10-20(26)11-9-18/h3-11,14H,12-13,15-17H2,1-2H3. The molecular weight excluding hydrogens is 631 g/mol. The van der Waals surface area contributed by atoms with Crippen LogP contribution in [0, 0.1) is 0 Å². The first kappa shape index (κ1) is 27.2. The van der Waals surface area contributed by atoms with Gasteiger partial charge in [-0.25, -0.2) is 0 Å². The molecule has 0 fully saturated rings. The highest BCUT2D eigenvalue weighted by Crippen LogP contribution is 2.37. The number of hydrogen-bond acceptors (Lipinski definition) is 8. The predicted octanol–water partition coefficient (Wildman–Crippen LogP) is 7.12. The highest BCUT2D eigenvalue weighted by atomic mass is 127. The van der Waals surface area contributed by atoms with E-state index in [-0.39, 0.29) is 0 Å². The first-order valence-corrected chi connectivity index (χ1v) is 16.0. The molecule has 2 heterocycles. The maximum atomic E-state index is 6.05. The lowest BCUT2D eigenvalue weighted by Gasteiger charge is -2.24. The van der Waals surface area contributed by atoms with Crippen LogP contribution in [-0.4, -0.2) is 47.0 Å². The second-order valence-electron chi connectivity index (χ2n) is 7.66. The normalized spacial score (nSPS) is 11.1. The van der Waals surface area contributed by atoms with Gasteiger partial charge in [-0.05, 0) is 75.5 Å². The van der Waals surface area contributed by atoms with Crippen LogP contribution < -0.4 is 9.04 Å². The molecule has 0 bridgehead atoms. The van der Waals surface area contributed by atoms with Gasteiger partial charge in [-0.2, -0.15) is 0 Å². The summed E-state index contributed by atoms with van der Waals surface area (Å²) in [6.07, 6.45) is 2.54. The minimum atomic E-state index is 0.412. The number of halogens is 2. The second-order valence-corrected chi connectivity index (χ2v) is 11.7. The van der Waals surface area contributed by atoms with Crippen molar-refractivity contribution in [2.75, 3.05) is 36.6 Å². The van der Waals surface area contributed by atoms with E-state index in [4.69, 9.17) is 25.5 Å². The maximum absolute atomic E-state index is 6.05. The van der Waals surface area contributed by atoms with Gasteiger partial charge < -0.3 is 13.9 Å². The summed E-state index contributed by atoms with van der Waals surface area (Å²) in [5, 5.41) is 9.95. The number of nitrogens with zero attached hydrogens (tertiary/aromatic N) is 4. The summed E-state index contributed by atoms with van der Waals surface area (Å²) in [6.45, 7) is 1.19. The SMILES string of the molecule is COCc1cccc(OC)c1-n1c(-c2ccco2)nnc1N(CCSI)SCCc1ccc(Cl)cc1. The summed E-state index contributed by atoms with van der Waals surface area (Å²) >= 11 is 10.1. The molecule has 7 nitrogen and oxygen atoms in total. The number of aromatic nitrogens is 3. The molecule has 0 saturated carbocycles. The third kappa shape index (κ3) is 6.52. The van der Waals surface area contributed by atoms with Crippen molar-refractivity contribution in [3.63, 3.8) is 0 Å². The fourth-order valence-electron chi connectivity index (χ4n) is 3.73. The Labute approximate surface area is 236 Å². The molecule has 36 heavy (non-hydrogen) atoms. The van der Waals surface area contributed by atoms with Crippen LogP contribution in [0.3, 0.4) is 0 Å². The highest BCUT2D eigenvalue weighted by Gasteiger charge is 2.26. The highest BCUT2D eigenvalue weighted by molar-refractivity contribution is 14.2. The van der Waals surface area contributed by atoms with Crippen LogP contribution in [0.2, 0.25) is 5.02 Å². The summed E-state index contributed by atoms with van der Waals surface area (Å²) in [7, 11) is 5.11. The summed E-state index contributed by atoms with van der Waals surface area (Å²) in [5.74, 6) is 4.42. The average molecular weight is 657 g/mol. The molecule has 4 rings (SSSR count). The average Bonchev–Trinajstić information content (AvgIpc) is 3.57. The molecule has 0 aliphatic heterocycles. The van der Waals surface area contributed by atoms with E-state index in [2.05, 4.69) is 47.8 Å². The van der Waals surface area contributed by atoms with E-state index in [0.29, 0.717) is 29.9 Å². The smallest absolute Gasteiger partial charge is 0.242 e. The van der Waals surface area contributed by atoms with Gasteiger partial charge in [0.05, 0.1) is 25.7 Å². The van der Waals surface area contributed by atoms with Gasteiger partial charge in [-0.15, -0.1) is 10.2 Å². The summed E-state index contributed by atoms with van der Waals surface area (Å²) in [5.41, 5.74) is 3.03. The molecule has 2 aromatic carbocycles. The molecule has 0 aliphatic rings. The third-order valence-corrected chi connectivity index (χ3v) is 8.31. The van der Waals surface area contributed by atoms with Gasteiger partial charge in [0, 0.05) is 35.7 Å². The van der Waals surface area contributed by atoms with Crippen molar-refractivity contribution in [2.24, 2.45) is 0 Å². The largest absolute Gasteiger partial charge is 0.495 e. The number of benzene rings is 2. The van der Waals surface area contributed by atoms with E-state index >= 15 is 0 Å². The molecule has 0 spiro atoms. The minimum absolute atomic E-state index is 0.412. The monoisotopic (exact) mass is 656 g/mol. The van der Waals surface area contributed by atoms with Gasteiger partial charge >= 0.3 is 0 Å². The molecule has 0 saturated heterocycles. The Balaban J connectivity index is 1.75. The van der Waals surface area contributed by atoms with E-state index in [9.17, 15) is 0 Å². The Bertz CT molecular complexity index is 1240. The van der Waals surface area contributed by atoms with Crippen molar-refractivity contribution in [2.45, 2.75) is 13.0 Å². The van der Waals surface area contributed by atoms with E-state index < -0.39 is 0 Å². The molecule has 0 radical (unpaired) electrons. The van der Waals surface area contributed by atoms with Crippen LogP contribution in [0.1, 0.15) is 11.1 Å². The fourth-order valence-corrected chi connectivity index (χ4v) is 5.82. The first-order valence-electron chi connectivity index (χ1n) is 11.2. The van der Waals surface area contributed by atoms with Gasteiger partial charge in [0.25, 0.3) is 0 Å². The molecule has 0 aliphatic carbocycles. The van der Waals surface area contributed by atoms with Gasteiger partial charge in [-0.1, -0.05) is 44.8 Å². The van der Waals surface area contributed by atoms with E-state index in [1.807, 2.05) is 47.0 Å². The summed E-state index contributed by atoms with van der Waals surface area (Å²) in [4.78, 5) is 0. The lowest BCUT2D eigenvalue weighted by molar-refractivity contribution is 0.184. The molecule has 0 N–H and O–H groups in total. The molecule has 0 atom stereocenters. The van der Waals surface area contributed by atoms with Crippen LogP contribution in [0.5, 0.6) is 5.75 Å². The number of para-hydroxylation sites is 1. The summed E-state index contributed by atoms with van der Waals surface area (Å²) < 4.78 is 21.3. The van der Waals surface area contributed by atoms with Crippen molar-refractivity contribution in [1.82, 2.24) is 14.8 Å². The quantitative estimate of drug-likeness (QED) is 0.111. The molecule has 4 aromatic rings. The van der Waals surface area contributed by atoms with E-state index in [0.717, 1.165) is 40.7 Å². The molecule has 190 valence electrons. The Morgan fingerprint density at radius 1 is 1.06 bits per heavy atom. The van der Waals surface area contributed by atoms with Crippen LogP contribution in [0.15, 0.2) is 65.3 Å². The molecule has 2 aromatic heterocycles. The zero-order chi connectivity index (χ0) is 25.3. The van der Waals surface area contributed by atoms with Crippen molar-refractivity contribution < 1.29 is 13.9 Å². The summed E-state index contributed by atoms with van der Waals surface area (Å²) in [6, 6.07) is 17.6. The Hall–Kier alpha value is -1.86. The van der Waals surface area contributed by atoms with Gasteiger partial charge in [0.1, 0.15) is 5.75 Å². The third-order valence-electron chi connectivity index (χ3n) is 5.36. The lowest BCUT2D eigenvalue weighted by atomic mass is 10.1. The zero-order valence-electron chi connectivity index (χ0n) is 19.9. The number of hydrogen-bond donors (Lipinski definition) is 0. The molecule has 11 heteroatoms. The number of anilines is 1. The number of rotatable bonds is 13. The van der Waals surface area contributed by atoms with Crippen molar-refractivity contribution in [3.05, 3.63) is 77.0 Å². The Morgan fingerprint density at radius 2 is 1.89 bits per heavy atom. The second kappa shape index (κ2) is 13.6. The fraction of sp³-hybridized carbons (Fsp3) is 0.280. The lowest BCUT2D eigenvalue weighted by Crippen LogP contribution is -2.23. The van der Waals surface area contributed by atoms with E-state index in [1.165, 1.54) is 5.56 Å². The van der Waals surface area contributed by atoms with Crippen LogP contribution in [-0.2, 0) is 17.8 Å². The van der Waals surface area contributed by atoms with Crippen molar-refractivity contribution >= 4 is 59.6 Å². The van der Waals surface area contributed by atoms with Crippen molar-refractivity contribution in [3.8, 4) is 23.0 Å². The topological polar surface area (TPSA) is 65.5 Å².